The Morgan fingerprint density at radius 2 is 1.74 bits per heavy atom. The fraction of sp³-hybridized carbons (Fsp3) is 0.491. The highest BCUT2D eigenvalue weighted by molar-refractivity contribution is 5.90. The van der Waals surface area contributed by atoms with Crippen LogP contribution in [0.2, 0.25) is 0 Å². The number of esters is 2. The number of aliphatic hydroxyl groups is 4. The molecule has 68 heavy (non-hydrogen) atoms. The lowest BCUT2D eigenvalue weighted by molar-refractivity contribution is -0.212. The second kappa shape index (κ2) is 18.8. The Kier molecular flexibility index (Phi) is 12.8. The number of phenolic OH excluding ortho intramolecular Hbond substituents is 1. The van der Waals surface area contributed by atoms with Crippen LogP contribution in [0, 0.1) is 35.5 Å². The number of carbonyl (C=O) groups is 3. The third-order valence-corrected chi connectivity index (χ3v) is 16.5. The highest BCUT2D eigenvalue weighted by atomic mass is 16.6. The van der Waals surface area contributed by atoms with E-state index >= 15 is 4.79 Å². The number of aliphatic hydroxyl groups excluding tert-OH is 3. The summed E-state index contributed by atoms with van der Waals surface area (Å²) < 4.78 is 13.1. The van der Waals surface area contributed by atoms with Crippen LogP contribution in [0.3, 0.4) is 0 Å². The zero-order valence-electron chi connectivity index (χ0n) is 39.0. The predicted octanol–water partition coefficient (Wildman–Crippen LogP) is 7.48. The number of hydrogen-bond donors (Lipinski definition) is 6. The van der Waals surface area contributed by atoms with Gasteiger partial charge in [0.2, 0.25) is 0 Å². The number of benzene rings is 3. The number of hydrogen-bond acceptors (Lipinski definition) is 11. The van der Waals surface area contributed by atoms with E-state index in [0.29, 0.717) is 84.0 Å². The molecule has 0 saturated heterocycles. The van der Waals surface area contributed by atoms with Gasteiger partial charge in [0.15, 0.2) is 0 Å². The number of phenols is 1. The van der Waals surface area contributed by atoms with Crippen LogP contribution in [-0.2, 0) is 51.4 Å². The zero-order valence-corrected chi connectivity index (χ0v) is 39.0. The summed E-state index contributed by atoms with van der Waals surface area (Å²) in [4.78, 5) is 43.6. The molecular weight excluding hydrogens is 859 g/mol. The maximum atomic E-state index is 15.8. The number of allylic oxidation sites excluding steroid dienone is 4. The maximum Gasteiger partial charge on any atom is 0.334 e. The predicted molar refractivity (Wildman–Crippen MR) is 256 cm³/mol. The third kappa shape index (κ3) is 8.52. The van der Waals surface area contributed by atoms with Crippen molar-refractivity contribution in [2.24, 2.45) is 23.7 Å². The van der Waals surface area contributed by atoms with Crippen molar-refractivity contribution in [1.82, 2.24) is 0 Å². The number of aromatic hydroxyl groups is 1. The molecule has 10 rings (SSSR count). The standard InChI is InChI=1S/C57H63NO10/c1-3-41-14-16-43-46-22-32-9-10-34-13-15-44(50(62)26-39(34)19-32)47-24-36(38-20-33(30-59)21-42(23-38)58-29-31(2)60)11-12-37-28-52(63)68-55-45(37)25-40(54(64)53(55)35-7-5-4-6-8-35)27-51(67-56(47)65)57(41,66)48(43)17-18-49(46)61/h4-7,9-10,19-21,23,25,31,35-37,41,43,46,48,50-51,58-60,62,64,66H,3,8,13-18,22,24,26-30H2,1-2H3/b47-44-/t31-,35+,36-,37-,41+,43+,46+,48-,50-,51+,57-/m0/s1. The van der Waals surface area contributed by atoms with Gasteiger partial charge in [0.25, 0.3) is 0 Å². The first kappa shape index (κ1) is 46.2. The minimum absolute atomic E-state index is 0.00710. The molecule has 0 unspecified atom stereocenters. The normalized spacial score (nSPS) is 32.3. The Hall–Kier alpha value is -5.51. The van der Waals surface area contributed by atoms with E-state index in [2.05, 4.69) is 35.4 Å². The molecule has 11 heteroatoms. The number of Topliss-reactive ketones (excluding diaryl/α,β-unsaturated/α-hetero) is 1. The second-order valence-corrected chi connectivity index (χ2v) is 20.6. The van der Waals surface area contributed by atoms with E-state index in [1.54, 1.807) is 13.0 Å². The molecule has 0 radical (unpaired) electrons. The molecule has 4 aliphatic carbocycles. The molecule has 3 aliphatic heterocycles. The zero-order chi connectivity index (χ0) is 47.4. The number of ether oxygens (including phenoxy) is 2. The summed E-state index contributed by atoms with van der Waals surface area (Å²) in [6, 6.07) is 13.7. The summed E-state index contributed by atoms with van der Waals surface area (Å²) in [7, 11) is 0. The molecule has 356 valence electrons. The summed E-state index contributed by atoms with van der Waals surface area (Å²) >= 11 is 0. The van der Waals surface area contributed by atoms with Crippen molar-refractivity contribution in [2.75, 3.05) is 11.9 Å². The minimum atomic E-state index is -1.62. The van der Waals surface area contributed by atoms with Gasteiger partial charge >= 0.3 is 11.9 Å². The van der Waals surface area contributed by atoms with E-state index in [9.17, 15) is 35.1 Å². The van der Waals surface area contributed by atoms with Crippen molar-refractivity contribution < 1.29 is 49.4 Å². The van der Waals surface area contributed by atoms with Gasteiger partial charge in [0, 0.05) is 65.9 Å². The van der Waals surface area contributed by atoms with Crippen molar-refractivity contribution in [3.05, 3.63) is 122 Å². The SMILES string of the molecule is CC[C@@H]1CC[C@@H]2[C@H]3Cc4ccc5c(c4)C[C@H](O)/C(=C4/C[C@@H](c6cc(CO)cc(NC[C@H](C)O)c6)C#C[C@H]6CC(=O)Oc7c6cc(c(O)c7[C@@H]6C=CC=CC6)C[C@@H](OC4=O)[C@@]1(O)[C@H]2CCC3=O)CC5. The van der Waals surface area contributed by atoms with Crippen molar-refractivity contribution in [1.29, 1.82) is 0 Å². The lowest BCUT2D eigenvalue weighted by atomic mass is 9.53. The molecule has 3 aromatic carbocycles. The molecule has 11 bridgehead atoms. The van der Waals surface area contributed by atoms with Gasteiger partial charge in [-0.1, -0.05) is 73.8 Å². The molecular formula is C57H63NO10. The number of carbonyl (C=O) groups excluding carboxylic acids is 3. The van der Waals surface area contributed by atoms with Gasteiger partial charge in [-0.2, -0.15) is 0 Å². The Balaban J connectivity index is 1.24. The van der Waals surface area contributed by atoms with E-state index < -0.39 is 53.6 Å². The Morgan fingerprint density at radius 1 is 0.897 bits per heavy atom. The highest BCUT2D eigenvalue weighted by Gasteiger charge is 2.59. The molecule has 0 aromatic heterocycles. The van der Waals surface area contributed by atoms with Crippen LogP contribution in [0.5, 0.6) is 11.5 Å². The van der Waals surface area contributed by atoms with Crippen molar-refractivity contribution >= 4 is 23.4 Å². The van der Waals surface area contributed by atoms with Gasteiger partial charge in [-0.15, -0.1) is 0 Å². The summed E-state index contributed by atoms with van der Waals surface area (Å²) in [5, 5.41) is 63.0. The van der Waals surface area contributed by atoms with Crippen LogP contribution in [-0.4, -0.2) is 73.7 Å². The molecule has 2 fully saturated rings. The first-order chi connectivity index (χ1) is 32.8. The van der Waals surface area contributed by atoms with Crippen molar-refractivity contribution in [2.45, 2.75) is 146 Å². The first-order valence-electron chi connectivity index (χ1n) is 24.9. The minimum Gasteiger partial charge on any atom is -0.507 e. The van der Waals surface area contributed by atoms with Crippen molar-refractivity contribution in [3.63, 3.8) is 0 Å². The summed E-state index contributed by atoms with van der Waals surface area (Å²) in [6.07, 6.45) is 9.55. The summed E-state index contributed by atoms with van der Waals surface area (Å²) in [5.74, 6) is 3.08. The Bertz CT molecular complexity index is 2680. The Labute approximate surface area is 398 Å². The number of fused-ring (bicyclic) bond motifs is 8. The van der Waals surface area contributed by atoms with Crippen LogP contribution in [0.1, 0.15) is 134 Å². The monoisotopic (exact) mass is 921 g/mol. The van der Waals surface area contributed by atoms with Crippen LogP contribution < -0.4 is 10.1 Å². The fourth-order valence-electron chi connectivity index (χ4n) is 13.1. The van der Waals surface area contributed by atoms with Crippen LogP contribution in [0.15, 0.2) is 77.9 Å². The Morgan fingerprint density at radius 3 is 2.51 bits per heavy atom. The van der Waals surface area contributed by atoms with Gasteiger partial charge in [-0.05, 0) is 133 Å². The average Bonchev–Trinajstić information content (AvgIpc) is 3.48. The van der Waals surface area contributed by atoms with E-state index in [4.69, 9.17) is 9.47 Å². The van der Waals surface area contributed by atoms with Gasteiger partial charge in [0.1, 0.15) is 29.0 Å². The van der Waals surface area contributed by atoms with E-state index in [0.717, 1.165) is 23.1 Å². The van der Waals surface area contributed by atoms with Crippen LogP contribution >= 0.6 is 0 Å². The number of nitrogens with one attached hydrogen (secondary N) is 1. The number of anilines is 1. The molecule has 0 amide bonds. The third-order valence-electron chi connectivity index (χ3n) is 16.5. The largest absolute Gasteiger partial charge is 0.507 e. The molecule has 11 nitrogen and oxygen atoms in total. The van der Waals surface area contributed by atoms with Gasteiger partial charge in [0.05, 0.1) is 31.2 Å². The molecule has 11 atom stereocenters. The fourth-order valence-corrected chi connectivity index (χ4v) is 13.1. The molecule has 3 aromatic rings. The molecule has 0 spiro atoms. The second-order valence-electron chi connectivity index (χ2n) is 20.6. The summed E-state index contributed by atoms with van der Waals surface area (Å²) in [5.41, 5.74) is 5.56. The molecule has 3 heterocycles. The highest BCUT2D eigenvalue weighted by Crippen LogP contribution is 2.56. The number of rotatable bonds is 7. The van der Waals surface area contributed by atoms with Crippen LogP contribution in [0.4, 0.5) is 5.69 Å². The quantitative estimate of drug-likeness (QED) is 0.0786. The lowest BCUT2D eigenvalue weighted by Gasteiger charge is -2.56. The maximum absolute atomic E-state index is 15.8. The van der Waals surface area contributed by atoms with E-state index in [1.807, 2.05) is 49.4 Å². The van der Waals surface area contributed by atoms with E-state index in [1.165, 1.54) is 0 Å². The average molecular weight is 922 g/mol. The first-order valence-corrected chi connectivity index (χ1v) is 24.9. The van der Waals surface area contributed by atoms with E-state index in [-0.39, 0.29) is 91.8 Å². The van der Waals surface area contributed by atoms with Crippen molar-refractivity contribution in [3.8, 4) is 23.3 Å². The van der Waals surface area contributed by atoms with Gasteiger partial charge < -0.3 is 40.3 Å². The smallest absolute Gasteiger partial charge is 0.334 e. The number of ketones is 1. The molecule has 7 aliphatic rings. The molecule has 2 saturated carbocycles. The topological polar surface area (TPSA) is 183 Å². The lowest BCUT2D eigenvalue weighted by Crippen LogP contribution is -2.63. The molecule has 6 N–H and O–H groups in total. The number of aryl methyl sites for hydroxylation is 1. The van der Waals surface area contributed by atoms with Gasteiger partial charge in [-0.25, -0.2) is 4.79 Å². The van der Waals surface area contributed by atoms with Crippen LogP contribution in [0.25, 0.3) is 0 Å². The summed E-state index contributed by atoms with van der Waals surface area (Å²) in [6.45, 7) is 3.67. The van der Waals surface area contributed by atoms with Gasteiger partial charge in [-0.3, -0.25) is 9.59 Å².